The fourth-order valence-corrected chi connectivity index (χ4v) is 1.68. The third-order valence-corrected chi connectivity index (χ3v) is 2.54. The molecule has 1 amide bonds. The molecule has 0 unspecified atom stereocenters. The fourth-order valence-electron chi connectivity index (χ4n) is 1.68. The highest BCUT2D eigenvalue weighted by Gasteiger charge is 2.33. The summed E-state index contributed by atoms with van der Waals surface area (Å²) in [4.78, 5) is 22.4. The van der Waals surface area contributed by atoms with Crippen molar-refractivity contribution in [2.24, 2.45) is 0 Å². The van der Waals surface area contributed by atoms with Gasteiger partial charge in [0.1, 0.15) is 16.9 Å². The van der Waals surface area contributed by atoms with Crippen molar-refractivity contribution >= 4 is 18.1 Å². The monoisotopic (exact) mass is 361 g/mol. The molecule has 0 heterocycles. The maximum absolute atomic E-state index is 12.4. The highest BCUT2D eigenvalue weighted by molar-refractivity contribution is 5.91. The summed E-state index contributed by atoms with van der Waals surface area (Å²) >= 11 is 0. The Hall–Kier alpha value is -2.71. The molecule has 25 heavy (non-hydrogen) atoms. The Morgan fingerprint density at radius 2 is 1.88 bits per heavy atom. The number of carboxylic acid groups (broad SMARTS) is 1. The zero-order valence-corrected chi connectivity index (χ0v) is 13.8. The van der Waals surface area contributed by atoms with Crippen molar-refractivity contribution in [1.82, 2.24) is 5.32 Å². The molecular weight excluding hydrogens is 343 g/mol. The second kappa shape index (κ2) is 7.91. The lowest BCUT2D eigenvalue weighted by Gasteiger charge is -2.19. The number of halogens is 3. The van der Waals surface area contributed by atoms with Gasteiger partial charge in [-0.05, 0) is 38.5 Å². The highest BCUT2D eigenvalue weighted by Crippen LogP contribution is 2.28. The molecule has 9 heteroatoms. The van der Waals surface area contributed by atoms with Gasteiger partial charge in [-0.2, -0.15) is 0 Å². The van der Waals surface area contributed by atoms with E-state index in [1.54, 1.807) is 20.8 Å². The SMILES string of the molecule is CC(C)(C)OC(=O)NCC=Cc1ccc(C(=O)O)c(OC(F)(F)F)c1. The van der Waals surface area contributed by atoms with E-state index in [-0.39, 0.29) is 12.1 Å². The van der Waals surface area contributed by atoms with Gasteiger partial charge in [0.2, 0.25) is 0 Å². The van der Waals surface area contributed by atoms with Crippen LogP contribution in [-0.2, 0) is 4.74 Å². The molecule has 0 saturated carbocycles. The van der Waals surface area contributed by atoms with Crippen molar-refractivity contribution in [2.75, 3.05) is 6.54 Å². The van der Waals surface area contributed by atoms with Crippen LogP contribution in [0.5, 0.6) is 5.75 Å². The predicted molar refractivity (Wildman–Crippen MR) is 83.4 cm³/mol. The summed E-state index contributed by atoms with van der Waals surface area (Å²) in [5.41, 5.74) is -0.985. The number of aromatic carboxylic acids is 1. The standard InChI is InChI=1S/C16H18F3NO5/c1-15(2,3)25-14(23)20-8-4-5-10-6-7-11(13(21)22)12(9-10)24-16(17,18)19/h4-7,9H,8H2,1-3H3,(H,20,23)(H,21,22). The molecule has 0 aliphatic heterocycles. The van der Waals surface area contributed by atoms with Crippen LogP contribution in [0.3, 0.4) is 0 Å². The molecule has 1 aromatic carbocycles. The van der Waals surface area contributed by atoms with Crippen LogP contribution in [0.15, 0.2) is 24.3 Å². The van der Waals surface area contributed by atoms with Gasteiger partial charge in [-0.1, -0.05) is 18.2 Å². The van der Waals surface area contributed by atoms with Crippen LogP contribution >= 0.6 is 0 Å². The number of benzene rings is 1. The van der Waals surface area contributed by atoms with Crippen LogP contribution in [0.4, 0.5) is 18.0 Å². The third kappa shape index (κ3) is 8.09. The van der Waals surface area contributed by atoms with Crippen LogP contribution in [0, 0.1) is 0 Å². The van der Waals surface area contributed by atoms with Crippen LogP contribution < -0.4 is 10.1 Å². The molecule has 0 spiro atoms. The first-order chi connectivity index (χ1) is 11.4. The van der Waals surface area contributed by atoms with Crippen molar-refractivity contribution in [2.45, 2.75) is 32.7 Å². The number of alkyl carbamates (subject to hydrolysis) is 1. The molecule has 2 N–H and O–H groups in total. The predicted octanol–water partition coefficient (Wildman–Crippen LogP) is 3.82. The summed E-state index contributed by atoms with van der Waals surface area (Å²) in [6.07, 6.45) is -2.77. The van der Waals surface area contributed by atoms with Gasteiger partial charge in [0.15, 0.2) is 0 Å². The Morgan fingerprint density at radius 3 is 2.40 bits per heavy atom. The first-order valence-electron chi connectivity index (χ1n) is 7.14. The van der Waals surface area contributed by atoms with Gasteiger partial charge in [-0.3, -0.25) is 0 Å². The van der Waals surface area contributed by atoms with E-state index < -0.39 is 35.3 Å². The average molecular weight is 361 g/mol. The van der Waals surface area contributed by atoms with E-state index in [4.69, 9.17) is 9.84 Å². The van der Waals surface area contributed by atoms with E-state index in [1.807, 2.05) is 0 Å². The second-order valence-electron chi connectivity index (χ2n) is 5.89. The molecule has 0 aliphatic rings. The van der Waals surface area contributed by atoms with E-state index in [2.05, 4.69) is 10.1 Å². The van der Waals surface area contributed by atoms with Crippen molar-refractivity contribution in [1.29, 1.82) is 0 Å². The topological polar surface area (TPSA) is 84.9 Å². The Balaban J connectivity index is 2.77. The van der Waals surface area contributed by atoms with Crippen LogP contribution in [0.2, 0.25) is 0 Å². The number of ether oxygens (including phenoxy) is 2. The van der Waals surface area contributed by atoms with Gasteiger partial charge in [-0.25, -0.2) is 9.59 Å². The van der Waals surface area contributed by atoms with Crippen LogP contribution in [0.1, 0.15) is 36.7 Å². The van der Waals surface area contributed by atoms with E-state index in [0.717, 1.165) is 12.1 Å². The molecule has 0 saturated heterocycles. The van der Waals surface area contributed by atoms with E-state index >= 15 is 0 Å². The largest absolute Gasteiger partial charge is 0.573 e. The molecule has 0 aromatic heterocycles. The van der Waals surface area contributed by atoms with Gasteiger partial charge in [0.25, 0.3) is 0 Å². The molecule has 1 rings (SSSR count). The number of hydrogen-bond donors (Lipinski definition) is 2. The van der Waals surface area contributed by atoms with E-state index in [9.17, 15) is 22.8 Å². The maximum Gasteiger partial charge on any atom is 0.573 e. The number of carboxylic acids is 1. The highest BCUT2D eigenvalue weighted by atomic mass is 19.4. The number of nitrogens with one attached hydrogen (secondary N) is 1. The minimum atomic E-state index is -5.01. The summed E-state index contributed by atoms with van der Waals surface area (Å²) in [6.45, 7) is 5.18. The Bertz CT molecular complexity index is 663. The van der Waals surface area contributed by atoms with Gasteiger partial charge in [-0.15, -0.1) is 13.2 Å². The molecule has 138 valence electrons. The molecule has 0 radical (unpaired) electrons. The quantitative estimate of drug-likeness (QED) is 0.833. The van der Waals surface area contributed by atoms with Crippen LogP contribution in [-0.4, -0.2) is 35.7 Å². The van der Waals surface area contributed by atoms with E-state index in [0.29, 0.717) is 0 Å². The summed E-state index contributed by atoms with van der Waals surface area (Å²) in [5.74, 6) is -2.36. The first-order valence-corrected chi connectivity index (χ1v) is 7.14. The third-order valence-electron chi connectivity index (χ3n) is 2.54. The fraction of sp³-hybridized carbons (Fsp3) is 0.375. The number of amides is 1. The molecule has 1 aromatic rings. The number of carbonyl (C=O) groups excluding carboxylic acids is 1. The first kappa shape index (κ1) is 20.3. The normalized spacial score (nSPS) is 12.1. The number of alkyl halides is 3. The van der Waals surface area contributed by atoms with Gasteiger partial charge in [0.05, 0.1) is 0 Å². The van der Waals surface area contributed by atoms with Gasteiger partial charge in [0, 0.05) is 6.54 Å². The van der Waals surface area contributed by atoms with Gasteiger partial charge < -0.3 is 19.9 Å². The minimum absolute atomic E-state index is 0.0745. The lowest BCUT2D eigenvalue weighted by molar-refractivity contribution is -0.274. The molecule has 0 aliphatic carbocycles. The zero-order chi connectivity index (χ0) is 19.3. The number of rotatable bonds is 5. The molecule has 0 bridgehead atoms. The molecule has 0 atom stereocenters. The number of carbonyl (C=O) groups is 2. The molecule has 0 fully saturated rings. The summed E-state index contributed by atoms with van der Waals surface area (Å²) < 4.78 is 45.8. The minimum Gasteiger partial charge on any atom is -0.478 e. The maximum atomic E-state index is 12.4. The molecule has 6 nitrogen and oxygen atoms in total. The number of hydrogen-bond acceptors (Lipinski definition) is 4. The van der Waals surface area contributed by atoms with Crippen molar-refractivity contribution < 1.29 is 37.3 Å². The lowest BCUT2D eigenvalue weighted by Crippen LogP contribution is -2.32. The second-order valence-corrected chi connectivity index (χ2v) is 5.89. The smallest absolute Gasteiger partial charge is 0.478 e. The Labute approximate surface area is 142 Å². The van der Waals surface area contributed by atoms with Crippen molar-refractivity contribution in [3.05, 3.63) is 35.4 Å². The summed E-state index contributed by atoms with van der Waals surface area (Å²) in [7, 11) is 0. The van der Waals surface area contributed by atoms with Gasteiger partial charge >= 0.3 is 18.4 Å². The lowest BCUT2D eigenvalue weighted by atomic mass is 10.1. The summed E-state index contributed by atoms with van der Waals surface area (Å²) in [6, 6.07) is 3.27. The van der Waals surface area contributed by atoms with Crippen LogP contribution in [0.25, 0.3) is 6.08 Å². The summed E-state index contributed by atoms with van der Waals surface area (Å²) in [5, 5.41) is 11.3. The van der Waals surface area contributed by atoms with Crippen molar-refractivity contribution in [3.63, 3.8) is 0 Å². The average Bonchev–Trinajstić information content (AvgIpc) is 2.39. The Kier molecular flexibility index (Phi) is 6.43. The molecular formula is C16H18F3NO5. The Morgan fingerprint density at radius 1 is 1.24 bits per heavy atom. The van der Waals surface area contributed by atoms with E-state index in [1.165, 1.54) is 18.2 Å². The van der Waals surface area contributed by atoms with Crippen molar-refractivity contribution in [3.8, 4) is 5.75 Å². The zero-order valence-electron chi connectivity index (χ0n) is 13.8.